The van der Waals surface area contributed by atoms with Gasteiger partial charge in [0, 0.05) is 104 Å². The van der Waals surface area contributed by atoms with Crippen LogP contribution in [0.4, 0.5) is 28.9 Å². The SMILES string of the molecule is CC(F)(F)c1cc(C(=O)O)ccn1.Cc1ccc(N)cc1-c1cnc(-c2cnn(C)c2)c(C#N)c1.Cc1ccc(NC(=O)c2ccnc(C(C)(F)F)c2)cc1-c1cnc(-c2cnn(C)c2)c(C#N)c1. The maximum atomic E-state index is 13.6. The number of rotatable bonds is 9. The average Bonchev–Trinajstić information content (AvgIpc) is 3.97. The highest BCUT2D eigenvalue weighted by Gasteiger charge is 2.28. The Kier molecular flexibility index (Phi) is 14.7. The van der Waals surface area contributed by atoms with Gasteiger partial charge in [-0.2, -0.15) is 38.3 Å². The second kappa shape index (κ2) is 20.6. The Hall–Kier alpha value is -9.10. The fraction of sp³-hybridized carbons (Fsp3) is 0.160. The molecule has 0 fully saturated rings. The normalized spacial score (nSPS) is 11.0. The van der Waals surface area contributed by atoms with Gasteiger partial charge in [-0.15, -0.1) is 0 Å². The highest BCUT2D eigenvalue weighted by Crippen LogP contribution is 2.32. The van der Waals surface area contributed by atoms with Crippen LogP contribution in [0.5, 0.6) is 0 Å². The summed E-state index contributed by atoms with van der Waals surface area (Å²) in [7, 11) is 3.62. The molecule has 0 saturated carbocycles. The smallest absolute Gasteiger partial charge is 0.335 e. The number of carbonyl (C=O) groups is 2. The van der Waals surface area contributed by atoms with Gasteiger partial charge in [-0.25, -0.2) is 4.79 Å². The number of aromatic carboxylic acids is 1. The van der Waals surface area contributed by atoms with E-state index in [1.165, 1.54) is 12.3 Å². The number of alkyl halides is 4. The predicted molar refractivity (Wildman–Crippen MR) is 250 cm³/mol. The summed E-state index contributed by atoms with van der Waals surface area (Å²) < 4.78 is 55.8. The van der Waals surface area contributed by atoms with Gasteiger partial charge in [-0.05, 0) is 96.8 Å². The van der Waals surface area contributed by atoms with Gasteiger partial charge in [-0.3, -0.25) is 34.1 Å². The summed E-state index contributed by atoms with van der Waals surface area (Å²) in [5.41, 5.74) is 14.9. The lowest BCUT2D eigenvalue weighted by Crippen LogP contribution is -2.15. The molecule has 0 radical (unpaired) electrons. The Labute approximate surface area is 393 Å². The quantitative estimate of drug-likeness (QED) is 0.0908. The van der Waals surface area contributed by atoms with Crippen molar-refractivity contribution < 1.29 is 32.3 Å². The summed E-state index contributed by atoms with van der Waals surface area (Å²) in [6.07, 6.45) is 12.6. The highest BCUT2D eigenvalue weighted by molar-refractivity contribution is 6.04. The lowest BCUT2D eigenvalue weighted by molar-refractivity contribution is 0.0120. The first-order valence-electron chi connectivity index (χ1n) is 20.6. The second-order valence-electron chi connectivity index (χ2n) is 15.8. The molecule has 0 spiro atoms. The number of amides is 1. The van der Waals surface area contributed by atoms with E-state index in [9.17, 15) is 37.7 Å². The first-order chi connectivity index (χ1) is 32.6. The minimum Gasteiger partial charge on any atom is -0.478 e. The molecule has 6 heterocycles. The fourth-order valence-electron chi connectivity index (χ4n) is 6.72. The molecule has 1 amide bonds. The number of benzene rings is 2. The molecule has 0 aliphatic rings. The van der Waals surface area contributed by atoms with Crippen molar-refractivity contribution in [2.24, 2.45) is 14.1 Å². The fourth-order valence-corrected chi connectivity index (χ4v) is 6.72. The summed E-state index contributed by atoms with van der Waals surface area (Å²) in [5.74, 6) is -8.04. The largest absolute Gasteiger partial charge is 0.478 e. The summed E-state index contributed by atoms with van der Waals surface area (Å²) in [5, 5.41) is 38.6. The van der Waals surface area contributed by atoms with E-state index >= 15 is 0 Å². The maximum Gasteiger partial charge on any atom is 0.335 e. The van der Waals surface area contributed by atoms with Gasteiger partial charge in [0.1, 0.15) is 23.5 Å². The minimum atomic E-state index is -3.15. The molecular formula is C50H42F4N12O3. The summed E-state index contributed by atoms with van der Waals surface area (Å²) in [6.45, 7) is 5.31. The Morgan fingerprint density at radius 1 is 0.638 bits per heavy atom. The highest BCUT2D eigenvalue weighted by atomic mass is 19.3. The molecule has 2 aromatic carbocycles. The van der Waals surface area contributed by atoms with Gasteiger partial charge in [-0.1, -0.05) is 12.1 Å². The Balaban J connectivity index is 0.000000190. The number of anilines is 2. The van der Waals surface area contributed by atoms with Gasteiger partial charge in [0.05, 0.1) is 40.5 Å². The van der Waals surface area contributed by atoms with Gasteiger partial charge >= 0.3 is 5.97 Å². The average molecular weight is 935 g/mol. The maximum absolute atomic E-state index is 13.6. The van der Waals surface area contributed by atoms with Crippen LogP contribution in [-0.4, -0.2) is 56.5 Å². The molecule has 0 saturated heterocycles. The predicted octanol–water partition coefficient (Wildman–Crippen LogP) is 9.89. The molecule has 0 aliphatic heterocycles. The number of hydrogen-bond acceptors (Lipinski definition) is 11. The van der Waals surface area contributed by atoms with Crippen molar-refractivity contribution in [1.29, 1.82) is 10.5 Å². The monoisotopic (exact) mass is 934 g/mol. The zero-order valence-corrected chi connectivity index (χ0v) is 37.9. The van der Waals surface area contributed by atoms with Crippen LogP contribution in [-0.2, 0) is 25.9 Å². The third-order valence-corrected chi connectivity index (χ3v) is 10.3. The van der Waals surface area contributed by atoms with E-state index < -0.39 is 35.1 Å². The van der Waals surface area contributed by atoms with E-state index in [2.05, 4.69) is 47.6 Å². The zero-order valence-electron chi connectivity index (χ0n) is 37.9. The molecule has 69 heavy (non-hydrogen) atoms. The van der Waals surface area contributed by atoms with E-state index in [4.69, 9.17) is 10.8 Å². The van der Waals surface area contributed by atoms with E-state index in [1.54, 1.807) is 65.6 Å². The first kappa shape index (κ1) is 49.3. The van der Waals surface area contributed by atoms with Crippen LogP contribution in [0, 0.1) is 36.5 Å². The Morgan fingerprint density at radius 3 is 1.55 bits per heavy atom. The van der Waals surface area contributed by atoms with Crippen molar-refractivity contribution in [3.05, 3.63) is 167 Å². The number of aryl methyl sites for hydroxylation is 4. The van der Waals surface area contributed by atoms with Crippen LogP contribution in [0.15, 0.2) is 122 Å². The Bertz CT molecular complexity index is 3290. The third-order valence-electron chi connectivity index (χ3n) is 10.3. The molecule has 8 aromatic rings. The molecule has 8 rings (SSSR count). The summed E-state index contributed by atoms with van der Waals surface area (Å²) in [6, 6.07) is 23.5. The van der Waals surface area contributed by atoms with Crippen LogP contribution >= 0.6 is 0 Å². The number of nitrogens with zero attached hydrogens (tertiary/aromatic N) is 10. The zero-order chi connectivity index (χ0) is 50.2. The van der Waals surface area contributed by atoms with E-state index in [1.807, 2.05) is 57.4 Å². The van der Waals surface area contributed by atoms with Crippen molar-refractivity contribution in [3.63, 3.8) is 0 Å². The molecule has 15 nitrogen and oxygen atoms in total. The van der Waals surface area contributed by atoms with Gasteiger partial charge in [0.15, 0.2) is 0 Å². The molecule has 348 valence electrons. The van der Waals surface area contributed by atoms with Crippen LogP contribution in [0.2, 0.25) is 0 Å². The van der Waals surface area contributed by atoms with Crippen molar-refractivity contribution in [2.45, 2.75) is 39.5 Å². The second-order valence-corrected chi connectivity index (χ2v) is 15.8. The molecule has 6 aromatic heterocycles. The number of nitrogens with two attached hydrogens (primary N) is 1. The summed E-state index contributed by atoms with van der Waals surface area (Å²) >= 11 is 0. The number of halogens is 4. The van der Waals surface area contributed by atoms with Crippen molar-refractivity contribution >= 4 is 23.3 Å². The number of nitriles is 2. The topological polar surface area (TPSA) is 227 Å². The van der Waals surface area contributed by atoms with Gasteiger partial charge < -0.3 is 16.2 Å². The van der Waals surface area contributed by atoms with E-state index in [-0.39, 0.29) is 11.1 Å². The third kappa shape index (κ3) is 12.2. The minimum absolute atomic E-state index is 0.0721. The number of nitrogen functional groups attached to an aromatic ring is 1. The number of carboxylic acid groups (broad SMARTS) is 1. The number of hydrogen-bond donors (Lipinski definition) is 3. The molecular weight excluding hydrogens is 893 g/mol. The number of aromatic nitrogens is 8. The Morgan fingerprint density at radius 2 is 1.10 bits per heavy atom. The number of pyridine rings is 4. The molecule has 0 unspecified atom stereocenters. The van der Waals surface area contributed by atoms with Crippen LogP contribution in [0.25, 0.3) is 44.8 Å². The lowest BCUT2D eigenvalue weighted by atomic mass is 9.98. The molecule has 4 N–H and O–H groups in total. The summed E-state index contributed by atoms with van der Waals surface area (Å²) in [4.78, 5) is 39.1. The molecule has 0 bridgehead atoms. The number of nitrogens with one attached hydrogen (secondary N) is 1. The lowest BCUT2D eigenvalue weighted by Gasteiger charge is -2.13. The molecule has 0 atom stereocenters. The van der Waals surface area contributed by atoms with Gasteiger partial charge in [0.25, 0.3) is 17.8 Å². The number of carbonyl (C=O) groups excluding carboxylic acids is 1. The van der Waals surface area contributed by atoms with Crippen molar-refractivity contribution in [3.8, 4) is 56.9 Å². The van der Waals surface area contributed by atoms with Gasteiger partial charge in [0.2, 0.25) is 0 Å². The standard InChI is InChI=1S/C25H20F2N6O.C17H15N5.C8H7F2NO2/c1-15-4-5-20(32-24(34)16-6-7-29-22(9-16)25(2,26)27)10-21(15)18-8-17(11-28)23(30-12-18)19-13-31-33(3)14-19;1-11-3-4-15(19)6-16(11)13-5-12(7-18)17(20-8-13)14-9-21-22(2)10-14;1-8(9,10)6-4-5(7(12)13)2-3-11-6/h4-10,12-14H,1-3H3,(H,32,34);3-6,8-10H,19H2,1-2H3;2-4H,1H3,(H,12,13). The van der Waals surface area contributed by atoms with E-state index in [0.717, 1.165) is 70.3 Å². The van der Waals surface area contributed by atoms with Crippen LogP contribution in [0.1, 0.15) is 68.2 Å². The van der Waals surface area contributed by atoms with Crippen LogP contribution < -0.4 is 11.1 Å². The molecule has 19 heteroatoms. The van der Waals surface area contributed by atoms with Crippen molar-refractivity contribution in [1.82, 2.24) is 39.5 Å². The number of carboxylic acids is 1. The first-order valence-corrected chi connectivity index (χ1v) is 20.6. The van der Waals surface area contributed by atoms with E-state index in [0.29, 0.717) is 46.4 Å². The van der Waals surface area contributed by atoms with Crippen molar-refractivity contribution in [2.75, 3.05) is 11.1 Å². The molecule has 0 aliphatic carbocycles. The van der Waals surface area contributed by atoms with Crippen LogP contribution in [0.3, 0.4) is 0 Å².